The summed E-state index contributed by atoms with van der Waals surface area (Å²) in [6, 6.07) is 3.37. The molecule has 18 heavy (non-hydrogen) atoms. The third-order valence-electron chi connectivity index (χ3n) is 2.30. The largest absolute Gasteiger partial charge is 0.334 e. The maximum Gasteiger partial charge on any atom is 0.261 e. The molecule has 0 aliphatic carbocycles. The molecule has 2 aromatic rings. The van der Waals surface area contributed by atoms with Gasteiger partial charge in [-0.25, -0.2) is 8.78 Å². The van der Waals surface area contributed by atoms with Crippen LogP contribution in [0.25, 0.3) is 11.5 Å². The molecule has 0 radical (unpaired) electrons. The molecule has 1 heterocycles. The number of halogens is 2. The molecule has 4 nitrogen and oxygen atoms in total. The molecule has 0 aliphatic heterocycles. The summed E-state index contributed by atoms with van der Waals surface area (Å²) in [6.45, 7) is 4.37. The number of nitrogens with zero attached hydrogens (tertiary/aromatic N) is 2. The Morgan fingerprint density at radius 3 is 2.83 bits per heavy atom. The van der Waals surface area contributed by atoms with E-state index in [9.17, 15) is 8.78 Å². The van der Waals surface area contributed by atoms with Gasteiger partial charge in [-0.3, -0.25) is 0 Å². The molecule has 96 valence electrons. The van der Waals surface area contributed by atoms with Crippen molar-refractivity contribution in [3.63, 3.8) is 0 Å². The number of benzene rings is 1. The molecule has 0 aliphatic rings. The Hall–Kier alpha value is -1.82. The van der Waals surface area contributed by atoms with Crippen LogP contribution in [0.1, 0.15) is 19.7 Å². The van der Waals surface area contributed by atoms with Crippen molar-refractivity contribution in [2.75, 3.05) is 0 Å². The van der Waals surface area contributed by atoms with Crippen LogP contribution in [0, 0.1) is 11.6 Å². The smallest absolute Gasteiger partial charge is 0.261 e. The minimum absolute atomic E-state index is 0.0208. The minimum Gasteiger partial charge on any atom is -0.334 e. The standard InChI is InChI=1S/C12H13F2N3O/c1-7(2)15-6-11-16-12(18-17-11)9-5-8(13)3-4-10(9)14/h3-5,7,15H,6H2,1-2H3. The lowest BCUT2D eigenvalue weighted by Crippen LogP contribution is -2.22. The Labute approximate surface area is 103 Å². The van der Waals surface area contributed by atoms with E-state index >= 15 is 0 Å². The fourth-order valence-corrected chi connectivity index (χ4v) is 1.39. The van der Waals surface area contributed by atoms with E-state index < -0.39 is 11.6 Å². The number of hydrogen-bond acceptors (Lipinski definition) is 4. The molecule has 1 N–H and O–H groups in total. The van der Waals surface area contributed by atoms with Crippen LogP contribution in [0.5, 0.6) is 0 Å². The summed E-state index contributed by atoms with van der Waals surface area (Å²) in [7, 11) is 0. The quantitative estimate of drug-likeness (QED) is 0.909. The third-order valence-corrected chi connectivity index (χ3v) is 2.30. The molecule has 0 bridgehead atoms. The van der Waals surface area contributed by atoms with Gasteiger partial charge < -0.3 is 9.84 Å². The third kappa shape index (κ3) is 2.89. The van der Waals surface area contributed by atoms with Gasteiger partial charge in [-0.15, -0.1) is 0 Å². The molecule has 0 spiro atoms. The first kappa shape index (κ1) is 12.6. The van der Waals surface area contributed by atoms with Gasteiger partial charge in [-0.05, 0) is 18.2 Å². The first-order valence-corrected chi connectivity index (χ1v) is 5.57. The van der Waals surface area contributed by atoms with Crippen molar-refractivity contribution in [1.29, 1.82) is 0 Å². The van der Waals surface area contributed by atoms with Crippen molar-refractivity contribution in [3.05, 3.63) is 35.7 Å². The van der Waals surface area contributed by atoms with Crippen molar-refractivity contribution in [2.45, 2.75) is 26.4 Å². The Balaban J connectivity index is 2.21. The fourth-order valence-electron chi connectivity index (χ4n) is 1.39. The van der Waals surface area contributed by atoms with Gasteiger partial charge >= 0.3 is 0 Å². The Bertz CT molecular complexity index is 540. The number of hydrogen-bond donors (Lipinski definition) is 1. The SMILES string of the molecule is CC(C)NCc1noc(-c2cc(F)ccc2F)n1. The highest BCUT2D eigenvalue weighted by Gasteiger charge is 2.14. The van der Waals surface area contributed by atoms with Crippen molar-refractivity contribution >= 4 is 0 Å². The zero-order valence-electron chi connectivity index (χ0n) is 10.1. The van der Waals surface area contributed by atoms with E-state index in [2.05, 4.69) is 15.5 Å². The van der Waals surface area contributed by atoms with Gasteiger partial charge in [0.05, 0.1) is 12.1 Å². The summed E-state index contributed by atoms with van der Waals surface area (Å²) in [6.07, 6.45) is 0. The van der Waals surface area contributed by atoms with Crippen molar-refractivity contribution < 1.29 is 13.3 Å². The first-order chi connectivity index (χ1) is 8.56. The second-order valence-electron chi connectivity index (χ2n) is 4.18. The zero-order valence-corrected chi connectivity index (χ0v) is 10.1. The van der Waals surface area contributed by atoms with E-state index in [1.807, 2.05) is 13.8 Å². The van der Waals surface area contributed by atoms with Crippen LogP contribution in [0.15, 0.2) is 22.7 Å². The van der Waals surface area contributed by atoms with E-state index in [0.717, 1.165) is 18.2 Å². The van der Waals surface area contributed by atoms with Crippen molar-refractivity contribution in [1.82, 2.24) is 15.5 Å². The predicted octanol–water partition coefficient (Wildman–Crippen LogP) is 2.51. The van der Waals surface area contributed by atoms with Gasteiger partial charge in [-0.1, -0.05) is 19.0 Å². The molecule has 0 fully saturated rings. The lowest BCUT2D eigenvalue weighted by Gasteiger charge is -2.03. The average molecular weight is 253 g/mol. The second-order valence-corrected chi connectivity index (χ2v) is 4.18. The number of aromatic nitrogens is 2. The van der Waals surface area contributed by atoms with Crippen LogP contribution in [0.4, 0.5) is 8.78 Å². The van der Waals surface area contributed by atoms with Crippen LogP contribution in [0.3, 0.4) is 0 Å². The molecule has 2 rings (SSSR count). The highest BCUT2D eigenvalue weighted by atomic mass is 19.1. The van der Waals surface area contributed by atoms with Gasteiger partial charge in [0.25, 0.3) is 5.89 Å². The lowest BCUT2D eigenvalue weighted by atomic mass is 10.2. The monoisotopic (exact) mass is 253 g/mol. The van der Waals surface area contributed by atoms with Gasteiger partial charge in [-0.2, -0.15) is 4.98 Å². The lowest BCUT2D eigenvalue weighted by molar-refractivity contribution is 0.415. The second kappa shape index (κ2) is 5.22. The van der Waals surface area contributed by atoms with Gasteiger partial charge in [0.1, 0.15) is 11.6 Å². The molecule has 0 unspecified atom stereocenters. The molecule has 1 aromatic carbocycles. The maximum absolute atomic E-state index is 13.5. The van der Waals surface area contributed by atoms with Crippen LogP contribution >= 0.6 is 0 Å². The van der Waals surface area contributed by atoms with Crippen LogP contribution in [-0.4, -0.2) is 16.2 Å². The summed E-state index contributed by atoms with van der Waals surface area (Å²) in [5.41, 5.74) is -0.0294. The van der Waals surface area contributed by atoms with E-state index in [1.54, 1.807) is 0 Å². The first-order valence-electron chi connectivity index (χ1n) is 5.57. The van der Waals surface area contributed by atoms with Gasteiger partial charge in [0, 0.05) is 6.04 Å². The van der Waals surface area contributed by atoms with Gasteiger partial charge in [0.2, 0.25) is 0 Å². The Morgan fingerprint density at radius 1 is 1.33 bits per heavy atom. The average Bonchev–Trinajstić information content (AvgIpc) is 2.78. The van der Waals surface area contributed by atoms with Crippen LogP contribution in [0.2, 0.25) is 0 Å². The highest BCUT2D eigenvalue weighted by Crippen LogP contribution is 2.21. The zero-order chi connectivity index (χ0) is 13.1. The molecular weight excluding hydrogens is 240 g/mol. The predicted molar refractivity (Wildman–Crippen MR) is 61.6 cm³/mol. The molecule has 0 amide bonds. The molecule has 0 atom stereocenters. The fraction of sp³-hybridized carbons (Fsp3) is 0.333. The normalized spacial score (nSPS) is 11.2. The summed E-state index contributed by atoms with van der Waals surface area (Å²) in [5, 5.41) is 6.80. The summed E-state index contributed by atoms with van der Waals surface area (Å²) in [4.78, 5) is 4.01. The van der Waals surface area contributed by atoms with E-state index in [0.29, 0.717) is 12.4 Å². The number of rotatable bonds is 4. The Kier molecular flexibility index (Phi) is 3.66. The van der Waals surface area contributed by atoms with Gasteiger partial charge in [0.15, 0.2) is 5.82 Å². The molecule has 6 heteroatoms. The Morgan fingerprint density at radius 2 is 2.11 bits per heavy atom. The minimum atomic E-state index is -0.594. The molecule has 0 saturated carbocycles. The molecular formula is C12H13F2N3O. The van der Waals surface area contributed by atoms with E-state index in [1.165, 1.54) is 0 Å². The summed E-state index contributed by atoms with van der Waals surface area (Å²) < 4.78 is 31.4. The topological polar surface area (TPSA) is 51.0 Å². The van der Waals surface area contributed by atoms with E-state index in [-0.39, 0.29) is 17.5 Å². The molecule has 1 aromatic heterocycles. The number of nitrogens with one attached hydrogen (secondary N) is 1. The summed E-state index contributed by atoms with van der Waals surface area (Å²) in [5.74, 6) is -0.759. The highest BCUT2D eigenvalue weighted by molar-refractivity contribution is 5.53. The van der Waals surface area contributed by atoms with Crippen LogP contribution < -0.4 is 5.32 Å². The van der Waals surface area contributed by atoms with Crippen molar-refractivity contribution in [2.24, 2.45) is 0 Å². The van der Waals surface area contributed by atoms with Crippen molar-refractivity contribution in [3.8, 4) is 11.5 Å². The van der Waals surface area contributed by atoms with E-state index in [4.69, 9.17) is 4.52 Å². The summed E-state index contributed by atoms with van der Waals surface area (Å²) >= 11 is 0. The maximum atomic E-state index is 13.5. The van der Waals surface area contributed by atoms with Crippen LogP contribution in [-0.2, 0) is 6.54 Å². The molecule has 0 saturated heterocycles.